The van der Waals surface area contributed by atoms with Gasteiger partial charge in [-0.3, -0.25) is 0 Å². The summed E-state index contributed by atoms with van der Waals surface area (Å²) in [5.41, 5.74) is 0. The monoisotopic (exact) mass is 275 g/mol. The number of nitrogens with one attached hydrogen (secondary N) is 2. The van der Waals surface area contributed by atoms with Gasteiger partial charge in [-0.15, -0.1) is 0 Å². The third-order valence-corrected chi connectivity index (χ3v) is 4.54. The largest absolute Gasteiger partial charge is 0.317 e. The van der Waals surface area contributed by atoms with Crippen molar-refractivity contribution in [3.8, 4) is 0 Å². The summed E-state index contributed by atoms with van der Waals surface area (Å²) < 4.78 is 26.7. The molecule has 5 nitrogen and oxygen atoms in total. The minimum absolute atomic E-state index is 0.0423. The molecule has 0 unspecified atom stereocenters. The molecule has 2 heterocycles. The van der Waals surface area contributed by atoms with Crippen molar-refractivity contribution in [3.63, 3.8) is 0 Å². The lowest BCUT2D eigenvalue weighted by molar-refractivity contribution is 0.426. The number of halogens is 1. The highest BCUT2D eigenvalue weighted by molar-refractivity contribution is 7.89. The van der Waals surface area contributed by atoms with E-state index in [-0.39, 0.29) is 16.1 Å². The zero-order valence-electron chi connectivity index (χ0n) is 9.19. The third kappa shape index (κ3) is 3.16. The standard InChI is InChI=1S/C10H14ClN3O2S/c11-9-2-1-5-13-10(9)17(15,16)14-8-3-6-12-7-4-8/h1-2,5,8,12,14H,3-4,6-7H2. The topological polar surface area (TPSA) is 71.1 Å². The highest BCUT2D eigenvalue weighted by atomic mass is 35.5. The Hall–Kier alpha value is -0.690. The molecule has 0 aliphatic carbocycles. The number of hydrogen-bond acceptors (Lipinski definition) is 4. The van der Waals surface area contributed by atoms with Gasteiger partial charge in [0.1, 0.15) is 0 Å². The van der Waals surface area contributed by atoms with Crippen LogP contribution in [0.2, 0.25) is 5.02 Å². The molecular weight excluding hydrogens is 262 g/mol. The van der Waals surface area contributed by atoms with Gasteiger partial charge >= 0.3 is 0 Å². The fraction of sp³-hybridized carbons (Fsp3) is 0.500. The van der Waals surface area contributed by atoms with Gasteiger partial charge in [0.25, 0.3) is 10.0 Å². The summed E-state index contributed by atoms with van der Waals surface area (Å²) in [6, 6.07) is 3.08. The fourth-order valence-corrected chi connectivity index (χ4v) is 3.52. The van der Waals surface area contributed by atoms with Crippen LogP contribution in [0.4, 0.5) is 0 Å². The Balaban J connectivity index is 2.16. The van der Waals surface area contributed by atoms with Gasteiger partial charge in [0.2, 0.25) is 0 Å². The second kappa shape index (κ2) is 5.30. The number of pyridine rings is 1. The molecule has 0 amide bonds. The molecule has 17 heavy (non-hydrogen) atoms. The van der Waals surface area contributed by atoms with Crippen LogP contribution in [0, 0.1) is 0 Å². The summed E-state index contributed by atoms with van der Waals surface area (Å²) in [7, 11) is -3.61. The van der Waals surface area contributed by atoms with Crippen LogP contribution < -0.4 is 10.0 Å². The molecule has 1 fully saturated rings. The van der Waals surface area contributed by atoms with Gasteiger partial charge in [-0.05, 0) is 38.1 Å². The molecule has 0 aromatic carbocycles. The number of hydrogen-bond donors (Lipinski definition) is 2. The molecule has 1 aromatic rings. The summed E-state index contributed by atoms with van der Waals surface area (Å²) >= 11 is 5.83. The van der Waals surface area contributed by atoms with Crippen molar-refractivity contribution in [2.75, 3.05) is 13.1 Å². The molecule has 1 aliphatic rings. The van der Waals surface area contributed by atoms with Gasteiger partial charge < -0.3 is 5.32 Å². The molecule has 1 aliphatic heterocycles. The van der Waals surface area contributed by atoms with Gasteiger partial charge in [-0.1, -0.05) is 11.6 Å². The molecule has 0 atom stereocenters. The zero-order valence-corrected chi connectivity index (χ0v) is 10.8. The average molecular weight is 276 g/mol. The Bertz CT molecular complexity index is 486. The van der Waals surface area contributed by atoms with Crippen molar-refractivity contribution < 1.29 is 8.42 Å². The summed E-state index contributed by atoms with van der Waals surface area (Å²) in [6.45, 7) is 1.65. The van der Waals surface area contributed by atoms with E-state index < -0.39 is 10.0 Å². The summed E-state index contributed by atoms with van der Waals surface area (Å²) in [5.74, 6) is 0. The molecule has 0 bridgehead atoms. The maximum atomic E-state index is 12.0. The molecule has 0 spiro atoms. The van der Waals surface area contributed by atoms with E-state index in [2.05, 4.69) is 15.0 Å². The molecule has 7 heteroatoms. The summed E-state index contributed by atoms with van der Waals surface area (Å²) in [6.07, 6.45) is 2.98. The first-order valence-electron chi connectivity index (χ1n) is 5.43. The van der Waals surface area contributed by atoms with E-state index in [1.807, 2.05) is 0 Å². The molecule has 94 valence electrons. The van der Waals surface area contributed by atoms with Crippen LogP contribution >= 0.6 is 11.6 Å². The Morgan fingerprint density at radius 1 is 1.41 bits per heavy atom. The number of sulfonamides is 1. The van der Waals surface area contributed by atoms with Crippen LogP contribution in [-0.2, 0) is 10.0 Å². The van der Waals surface area contributed by atoms with E-state index in [9.17, 15) is 8.42 Å². The molecular formula is C10H14ClN3O2S. The highest BCUT2D eigenvalue weighted by Gasteiger charge is 2.24. The molecule has 0 radical (unpaired) electrons. The number of nitrogens with zero attached hydrogens (tertiary/aromatic N) is 1. The van der Waals surface area contributed by atoms with Crippen molar-refractivity contribution in [3.05, 3.63) is 23.4 Å². The first kappa shape index (κ1) is 12.8. The average Bonchev–Trinajstić information content (AvgIpc) is 2.30. The second-order valence-electron chi connectivity index (χ2n) is 3.94. The summed E-state index contributed by atoms with van der Waals surface area (Å²) in [5, 5.41) is 3.23. The third-order valence-electron chi connectivity index (χ3n) is 2.64. The van der Waals surface area contributed by atoms with E-state index in [0.717, 1.165) is 25.9 Å². The quantitative estimate of drug-likeness (QED) is 0.855. The second-order valence-corrected chi connectivity index (χ2v) is 5.97. The van der Waals surface area contributed by atoms with Crippen LogP contribution in [0.25, 0.3) is 0 Å². The Kier molecular flexibility index (Phi) is 3.98. The van der Waals surface area contributed by atoms with Crippen LogP contribution in [0.3, 0.4) is 0 Å². The van der Waals surface area contributed by atoms with Crippen LogP contribution in [0.15, 0.2) is 23.4 Å². The summed E-state index contributed by atoms with van der Waals surface area (Å²) in [4.78, 5) is 3.82. The van der Waals surface area contributed by atoms with Crippen molar-refractivity contribution in [2.45, 2.75) is 23.9 Å². The molecule has 0 saturated carbocycles. The van der Waals surface area contributed by atoms with E-state index in [4.69, 9.17) is 11.6 Å². The Morgan fingerprint density at radius 2 is 2.12 bits per heavy atom. The van der Waals surface area contributed by atoms with E-state index >= 15 is 0 Å². The smallest absolute Gasteiger partial charge is 0.259 e. The van der Waals surface area contributed by atoms with E-state index in [1.165, 1.54) is 12.3 Å². The molecule has 2 rings (SSSR count). The van der Waals surface area contributed by atoms with Crippen molar-refractivity contribution in [2.24, 2.45) is 0 Å². The molecule has 2 N–H and O–H groups in total. The zero-order chi connectivity index (χ0) is 12.3. The number of aromatic nitrogens is 1. The molecule has 1 aromatic heterocycles. The van der Waals surface area contributed by atoms with Crippen LogP contribution in [0.1, 0.15) is 12.8 Å². The van der Waals surface area contributed by atoms with Gasteiger partial charge in [0.15, 0.2) is 5.03 Å². The first-order chi connectivity index (χ1) is 8.09. The fourth-order valence-electron chi connectivity index (χ4n) is 1.78. The number of rotatable bonds is 3. The van der Waals surface area contributed by atoms with Crippen molar-refractivity contribution in [1.29, 1.82) is 0 Å². The lowest BCUT2D eigenvalue weighted by Crippen LogP contribution is -2.42. The van der Waals surface area contributed by atoms with E-state index in [1.54, 1.807) is 6.07 Å². The van der Waals surface area contributed by atoms with E-state index in [0.29, 0.717) is 0 Å². The van der Waals surface area contributed by atoms with Crippen LogP contribution in [-0.4, -0.2) is 32.5 Å². The maximum absolute atomic E-state index is 12.0. The van der Waals surface area contributed by atoms with Gasteiger partial charge in [0, 0.05) is 12.2 Å². The molecule has 1 saturated heterocycles. The normalized spacial score (nSPS) is 18.2. The van der Waals surface area contributed by atoms with Gasteiger partial charge in [0.05, 0.1) is 5.02 Å². The SMILES string of the molecule is O=S(=O)(NC1CCNCC1)c1ncccc1Cl. The predicted octanol–water partition coefficient (Wildman–Crippen LogP) is 0.765. The predicted molar refractivity (Wildman–Crippen MR) is 65.5 cm³/mol. The Labute approximate surface area is 106 Å². The lowest BCUT2D eigenvalue weighted by atomic mass is 10.1. The van der Waals surface area contributed by atoms with Crippen LogP contribution in [0.5, 0.6) is 0 Å². The number of piperidine rings is 1. The van der Waals surface area contributed by atoms with Gasteiger partial charge in [-0.25, -0.2) is 18.1 Å². The highest BCUT2D eigenvalue weighted by Crippen LogP contribution is 2.18. The minimum Gasteiger partial charge on any atom is -0.317 e. The van der Waals surface area contributed by atoms with Crippen molar-refractivity contribution >= 4 is 21.6 Å². The first-order valence-corrected chi connectivity index (χ1v) is 7.29. The minimum atomic E-state index is -3.61. The lowest BCUT2D eigenvalue weighted by Gasteiger charge is -2.23. The Morgan fingerprint density at radius 3 is 2.76 bits per heavy atom. The maximum Gasteiger partial charge on any atom is 0.259 e. The van der Waals surface area contributed by atoms with Crippen molar-refractivity contribution in [1.82, 2.24) is 15.0 Å². The van der Waals surface area contributed by atoms with Gasteiger partial charge in [-0.2, -0.15) is 0 Å².